The van der Waals surface area contributed by atoms with Crippen molar-refractivity contribution in [2.24, 2.45) is 0 Å². The first-order chi connectivity index (χ1) is 4.29. The second kappa shape index (κ2) is 2.81. The van der Waals surface area contributed by atoms with E-state index in [0.717, 1.165) is 19.3 Å². The number of carbonyl (C=O) groups excluding carboxylic acids is 1. The first-order valence-electron chi connectivity index (χ1n) is 3.46. The van der Waals surface area contributed by atoms with Crippen molar-refractivity contribution in [2.75, 3.05) is 0 Å². The van der Waals surface area contributed by atoms with E-state index in [1.54, 1.807) is 0 Å². The Bertz CT molecular complexity index is 145. The summed E-state index contributed by atoms with van der Waals surface area (Å²) in [4.78, 5) is 10.8. The summed E-state index contributed by atoms with van der Waals surface area (Å²) in [5.41, 5.74) is 1.38. The quantitative estimate of drug-likeness (QED) is 0.452. The number of carbonyl (C=O) groups is 1. The molecule has 9 heavy (non-hydrogen) atoms. The first-order valence-corrected chi connectivity index (χ1v) is 3.46. The van der Waals surface area contributed by atoms with E-state index < -0.39 is 0 Å². The molecule has 0 N–H and O–H groups in total. The Morgan fingerprint density at radius 3 is 3.00 bits per heavy atom. The molecular weight excluding hydrogens is 112 g/mol. The first kappa shape index (κ1) is 6.53. The van der Waals surface area contributed by atoms with E-state index >= 15 is 0 Å². The zero-order chi connectivity index (χ0) is 6.69. The molecule has 0 aromatic rings. The normalized spacial score (nSPS) is 21.0. The number of allylic oxidation sites excluding steroid dienone is 2. The fraction of sp³-hybridized carbons (Fsp3) is 0.625. The van der Waals surface area contributed by atoms with Gasteiger partial charge in [0.1, 0.15) is 5.78 Å². The van der Waals surface area contributed by atoms with Crippen LogP contribution in [-0.2, 0) is 4.79 Å². The lowest BCUT2D eigenvalue weighted by molar-refractivity contribution is -0.118. The number of hydrogen-bond donors (Lipinski definition) is 0. The Labute approximate surface area is 55.8 Å². The third-order valence-electron chi connectivity index (χ3n) is 1.70. The Morgan fingerprint density at radius 2 is 2.22 bits per heavy atom. The van der Waals surface area contributed by atoms with Crippen molar-refractivity contribution in [3.8, 4) is 0 Å². The minimum absolute atomic E-state index is 0.395. The number of ketones is 1. The molecule has 0 heterocycles. The zero-order valence-electron chi connectivity index (χ0n) is 5.81. The van der Waals surface area contributed by atoms with Crippen molar-refractivity contribution in [3.63, 3.8) is 0 Å². The van der Waals surface area contributed by atoms with Crippen molar-refractivity contribution in [1.82, 2.24) is 0 Å². The molecule has 1 heteroatoms. The Hall–Kier alpha value is -0.590. The van der Waals surface area contributed by atoms with Crippen LogP contribution in [0.3, 0.4) is 0 Å². The highest BCUT2D eigenvalue weighted by atomic mass is 16.1. The predicted octanol–water partition coefficient (Wildman–Crippen LogP) is 2.08. The topological polar surface area (TPSA) is 17.1 Å². The molecule has 0 aromatic heterocycles. The summed E-state index contributed by atoms with van der Waals surface area (Å²) in [5.74, 6) is 0.395. The highest BCUT2D eigenvalue weighted by Gasteiger charge is 2.04. The van der Waals surface area contributed by atoms with Crippen LogP contribution in [0.1, 0.15) is 32.6 Å². The second-order valence-electron chi connectivity index (χ2n) is 2.65. The lowest BCUT2D eigenvalue weighted by atomic mass is 10.1. The molecule has 0 amide bonds. The van der Waals surface area contributed by atoms with E-state index in [1.165, 1.54) is 5.57 Å². The highest BCUT2D eigenvalue weighted by molar-refractivity contribution is 5.80. The van der Waals surface area contributed by atoms with Crippen molar-refractivity contribution < 1.29 is 4.79 Å². The van der Waals surface area contributed by atoms with Crippen LogP contribution >= 0.6 is 0 Å². The second-order valence-corrected chi connectivity index (χ2v) is 2.65. The molecule has 1 rings (SSSR count). The van der Waals surface area contributed by atoms with E-state index in [9.17, 15) is 4.79 Å². The molecule has 1 nitrogen and oxygen atoms in total. The molecule has 0 spiro atoms. The third-order valence-corrected chi connectivity index (χ3v) is 1.70. The maximum Gasteiger partial charge on any atom is 0.136 e. The zero-order valence-corrected chi connectivity index (χ0v) is 5.81. The molecule has 1 aliphatic carbocycles. The summed E-state index contributed by atoms with van der Waals surface area (Å²) >= 11 is 0. The summed E-state index contributed by atoms with van der Waals surface area (Å²) in [7, 11) is 0. The fourth-order valence-corrected chi connectivity index (χ4v) is 1.06. The van der Waals surface area contributed by atoms with Crippen molar-refractivity contribution in [3.05, 3.63) is 11.6 Å². The largest absolute Gasteiger partial charge is 0.299 e. The lowest BCUT2D eigenvalue weighted by Crippen LogP contribution is -1.91. The number of rotatable bonds is 0. The van der Waals surface area contributed by atoms with Gasteiger partial charge in [-0.15, -0.1) is 0 Å². The minimum Gasteiger partial charge on any atom is -0.299 e. The maximum atomic E-state index is 10.8. The van der Waals surface area contributed by atoms with Gasteiger partial charge in [-0.1, -0.05) is 11.6 Å². The van der Waals surface area contributed by atoms with Gasteiger partial charge in [-0.05, 0) is 19.8 Å². The Balaban J connectivity index is 2.52. The van der Waals surface area contributed by atoms with Gasteiger partial charge in [-0.2, -0.15) is 0 Å². The molecular formula is C8H12O. The minimum atomic E-state index is 0.395. The average Bonchev–Trinajstić information content (AvgIpc) is 1.97. The number of hydrogen-bond acceptors (Lipinski definition) is 1. The lowest BCUT2D eigenvalue weighted by Gasteiger charge is -1.91. The van der Waals surface area contributed by atoms with Gasteiger partial charge in [0.25, 0.3) is 0 Å². The molecule has 0 fully saturated rings. The SMILES string of the molecule is CC1=CCC(=O)CCC1. The molecule has 0 aliphatic heterocycles. The van der Waals surface area contributed by atoms with Gasteiger partial charge in [0.2, 0.25) is 0 Å². The van der Waals surface area contributed by atoms with Gasteiger partial charge in [-0.25, -0.2) is 0 Å². The molecule has 50 valence electrons. The van der Waals surface area contributed by atoms with Gasteiger partial charge in [0.05, 0.1) is 0 Å². The number of Topliss-reactive ketones (excluding diaryl/α,β-unsaturated/α-hetero) is 1. The van der Waals surface area contributed by atoms with E-state index in [4.69, 9.17) is 0 Å². The van der Waals surface area contributed by atoms with Crippen LogP contribution in [0.25, 0.3) is 0 Å². The summed E-state index contributed by atoms with van der Waals surface area (Å²) in [5, 5.41) is 0. The van der Waals surface area contributed by atoms with Crippen molar-refractivity contribution in [1.29, 1.82) is 0 Å². The van der Waals surface area contributed by atoms with Gasteiger partial charge >= 0.3 is 0 Å². The standard InChI is InChI=1S/C8H12O/c1-7-3-2-4-8(9)6-5-7/h5H,2-4,6H2,1H3. The Morgan fingerprint density at radius 1 is 1.44 bits per heavy atom. The third kappa shape index (κ3) is 2.00. The molecule has 1 aliphatic rings. The van der Waals surface area contributed by atoms with Crippen LogP contribution in [0.5, 0.6) is 0 Å². The predicted molar refractivity (Wildman–Crippen MR) is 37.2 cm³/mol. The van der Waals surface area contributed by atoms with Crippen LogP contribution in [0.15, 0.2) is 11.6 Å². The van der Waals surface area contributed by atoms with E-state index in [2.05, 4.69) is 13.0 Å². The van der Waals surface area contributed by atoms with Gasteiger partial charge in [0.15, 0.2) is 0 Å². The monoisotopic (exact) mass is 124 g/mol. The molecule has 0 bridgehead atoms. The van der Waals surface area contributed by atoms with Crippen LogP contribution in [0.2, 0.25) is 0 Å². The summed E-state index contributed by atoms with van der Waals surface area (Å²) in [6.45, 7) is 2.10. The van der Waals surface area contributed by atoms with E-state index in [-0.39, 0.29) is 0 Å². The molecule has 0 aromatic carbocycles. The molecule has 0 saturated heterocycles. The maximum absolute atomic E-state index is 10.8. The van der Waals surface area contributed by atoms with Crippen molar-refractivity contribution >= 4 is 5.78 Å². The van der Waals surface area contributed by atoms with Gasteiger partial charge in [-0.3, -0.25) is 4.79 Å². The van der Waals surface area contributed by atoms with Crippen molar-refractivity contribution in [2.45, 2.75) is 32.6 Å². The molecule has 0 atom stereocenters. The molecule has 0 radical (unpaired) electrons. The van der Waals surface area contributed by atoms with Crippen LogP contribution < -0.4 is 0 Å². The van der Waals surface area contributed by atoms with E-state index in [0.29, 0.717) is 12.2 Å². The molecule has 0 unspecified atom stereocenters. The Kier molecular flexibility index (Phi) is 2.04. The van der Waals surface area contributed by atoms with Crippen LogP contribution in [0, 0.1) is 0 Å². The van der Waals surface area contributed by atoms with Gasteiger partial charge < -0.3 is 0 Å². The molecule has 0 saturated carbocycles. The van der Waals surface area contributed by atoms with E-state index in [1.807, 2.05) is 0 Å². The highest BCUT2D eigenvalue weighted by Crippen LogP contribution is 2.13. The summed E-state index contributed by atoms with van der Waals surface area (Å²) < 4.78 is 0. The van der Waals surface area contributed by atoms with Crippen LogP contribution in [0.4, 0.5) is 0 Å². The average molecular weight is 124 g/mol. The van der Waals surface area contributed by atoms with Gasteiger partial charge in [0, 0.05) is 12.8 Å². The smallest absolute Gasteiger partial charge is 0.136 e. The van der Waals surface area contributed by atoms with Crippen LogP contribution in [-0.4, -0.2) is 5.78 Å². The fourth-order valence-electron chi connectivity index (χ4n) is 1.06. The summed E-state index contributed by atoms with van der Waals surface area (Å²) in [6.07, 6.45) is 5.68. The summed E-state index contributed by atoms with van der Waals surface area (Å²) in [6, 6.07) is 0.